The molecule has 3 heteroatoms. The Kier molecular flexibility index (Phi) is 9.91. The normalized spacial score (nSPS) is 12.1. The predicted molar refractivity (Wildman–Crippen MR) is 144 cm³/mol. The van der Waals surface area contributed by atoms with E-state index in [1.54, 1.807) is 0 Å². The van der Waals surface area contributed by atoms with E-state index >= 15 is 0 Å². The standard InChI is InChI=1S/C20H17.C13H10.2ClH.Hf/c1-13-7-9-17-16(11-13)12-19-18(17)10-8-14(2)20(19)15-5-3-4-6-15;1-3-7-12(8-4-1)11-13-9-5-2-6-10-13;;;/h3-12,15H,1-2H3;1-10H;2*1H;/q-1;;;;+2/p-2. The summed E-state index contributed by atoms with van der Waals surface area (Å²) in [7, 11) is 0. The van der Waals surface area contributed by atoms with Crippen LogP contribution in [0.5, 0.6) is 0 Å². The molecule has 0 saturated carbocycles. The van der Waals surface area contributed by atoms with Crippen LogP contribution in [0, 0.1) is 13.8 Å². The number of halogens is 2. The number of allylic oxidation sites excluding steroid dienone is 4. The summed E-state index contributed by atoms with van der Waals surface area (Å²) < 4.78 is 1.46. The van der Waals surface area contributed by atoms with Crippen LogP contribution in [-0.2, 0) is 23.9 Å². The van der Waals surface area contributed by atoms with Crippen LogP contribution in [0.3, 0.4) is 0 Å². The fourth-order valence-electron chi connectivity index (χ4n) is 4.78. The fraction of sp³-hybridized carbons (Fsp3) is 0.0909. The SMILES string of the molecule is Cc1ccc2c(c1)[cH-]c1c(C3C=CC=C3)c(C)ccc12.[Cl-].[Cl-].[Hf+2]=[C](c1ccccc1)c1ccccc1. The van der Waals surface area contributed by atoms with Crippen LogP contribution in [0.25, 0.3) is 21.5 Å². The number of hydrogen-bond donors (Lipinski definition) is 0. The van der Waals surface area contributed by atoms with Crippen LogP contribution in [0.15, 0.2) is 121 Å². The van der Waals surface area contributed by atoms with Crippen molar-refractivity contribution in [2.75, 3.05) is 0 Å². The van der Waals surface area contributed by atoms with Crippen LogP contribution in [0.4, 0.5) is 0 Å². The molecule has 0 fully saturated rings. The molecule has 5 aromatic rings. The van der Waals surface area contributed by atoms with Gasteiger partial charge in [0.1, 0.15) is 0 Å². The molecule has 0 heterocycles. The molecular weight excluding hydrogens is 646 g/mol. The van der Waals surface area contributed by atoms with Crippen molar-refractivity contribution >= 4 is 24.8 Å². The molecule has 36 heavy (non-hydrogen) atoms. The molecule has 0 bridgehead atoms. The zero-order chi connectivity index (χ0) is 23.5. The van der Waals surface area contributed by atoms with E-state index in [-0.39, 0.29) is 24.8 Å². The molecule has 0 aliphatic heterocycles. The summed E-state index contributed by atoms with van der Waals surface area (Å²) in [5, 5.41) is 5.52. The first-order valence-corrected chi connectivity index (χ1v) is 13.5. The van der Waals surface area contributed by atoms with Gasteiger partial charge in [0, 0.05) is 0 Å². The average Bonchev–Trinajstić information content (AvgIpc) is 3.53. The maximum absolute atomic E-state index is 2.36. The van der Waals surface area contributed by atoms with E-state index in [2.05, 4.69) is 135 Å². The first kappa shape index (κ1) is 28.1. The van der Waals surface area contributed by atoms with E-state index in [0.29, 0.717) is 5.92 Å². The fourth-order valence-corrected chi connectivity index (χ4v) is 5.98. The zero-order valence-corrected chi connectivity index (χ0v) is 25.5. The van der Waals surface area contributed by atoms with E-state index in [0.717, 1.165) is 23.9 Å². The Balaban J connectivity index is 0.000000201. The summed E-state index contributed by atoms with van der Waals surface area (Å²) in [5.41, 5.74) is 6.87. The number of benzene rings is 4. The first-order valence-electron chi connectivity index (χ1n) is 11.8. The van der Waals surface area contributed by atoms with Crippen molar-refractivity contribution in [1.29, 1.82) is 0 Å². The molecule has 0 saturated heterocycles. The van der Waals surface area contributed by atoms with Gasteiger partial charge in [-0.3, -0.25) is 0 Å². The molecule has 0 unspecified atom stereocenters. The zero-order valence-electron chi connectivity index (χ0n) is 20.4. The van der Waals surface area contributed by atoms with Gasteiger partial charge in [-0.25, -0.2) is 0 Å². The molecule has 0 spiro atoms. The van der Waals surface area contributed by atoms with E-state index in [9.17, 15) is 0 Å². The van der Waals surface area contributed by atoms with Gasteiger partial charge in [-0.05, 0) is 19.8 Å². The summed E-state index contributed by atoms with van der Waals surface area (Å²) in [6.07, 6.45) is 8.86. The second kappa shape index (κ2) is 12.7. The maximum atomic E-state index is 2.36. The second-order valence-electron chi connectivity index (χ2n) is 8.90. The number of hydrogen-bond acceptors (Lipinski definition) is 0. The van der Waals surface area contributed by atoms with Gasteiger partial charge >= 0.3 is 98.9 Å². The summed E-state index contributed by atoms with van der Waals surface area (Å²) >= 11 is 1.08. The van der Waals surface area contributed by atoms with E-state index in [1.165, 1.54) is 52.6 Å². The summed E-state index contributed by atoms with van der Waals surface area (Å²) in [4.78, 5) is 0. The monoisotopic (exact) mass is 673 g/mol. The average molecular weight is 673 g/mol. The van der Waals surface area contributed by atoms with Gasteiger partial charge in [0.05, 0.1) is 0 Å². The number of aryl methyl sites for hydroxylation is 2. The third-order valence-electron chi connectivity index (χ3n) is 6.51. The Hall–Kier alpha value is -2.45. The van der Waals surface area contributed by atoms with Crippen molar-refractivity contribution in [3.63, 3.8) is 0 Å². The van der Waals surface area contributed by atoms with Crippen LogP contribution in [0.2, 0.25) is 0 Å². The quantitative estimate of drug-likeness (QED) is 0.204. The molecule has 0 nitrogen and oxygen atoms in total. The topological polar surface area (TPSA) is 0 Å². The predicted octanol–water partition coefficient (Wildman–Crippen LogP) is 2.35. The number of rotatable bonds is 3. The molecule has 5 aromatic carbocycles. The second-order valence-corrected chi connectivity index (χ2v) is 10.7. The van der Waals surface area contributed by atoms with Crippen molar-refractivity contribution in [2.45, 2.75) is 19.8 Å². The minimum atomic E-state index is 0. The molecule has 1 aliphatic carbocycles. The molecule has 178 valence electrons. The Morgan fingerprint density at radius 1 is 0.694 bits per heavy atom. The van der Waals surface area contributed by atoms with Gasteiger partial charge < -0.3 is 24.8 Å². The molecule has 6 rings (SSSR count). The van der Waals surface area contributed by atoms with Crippen LogP contribution >= 0.6 is 0 Å². The first-order chi connectivity index (χ1) is 16.6. The minimum absolute atomic E-state index is 0. The van der Waals surface area contributed by atoms with Gasteiger partial charge in [0.2, 0.25) is 0 Å². The van der Waals surface area contributed by atoms with Gasteiger partial charge in [0.25, 0.3) is 0 Å². The molecule has 0 atom stereocenters. The van der Waals surface area contributed by atoms with Gasteiger partial charge in [-0.1, -0.05) is 65.3 Å². The van der Waals surface area contributed by atoms with Crippen molar-refractivity contribution < 1.29 is 48.7 Å². The van der Waals surface area contributed by atoms with Crippen LogP contribution in [0.1, 0.15) is 33.7 Å². The summed E-state index contributed by atoms with van der Waals surface area (Å²) in [5.74, 6) is 0.427. The summed E-state index contributed by atoms with van der Waals surface area (Å²) in [6.45, 7) is 4.38. The van der Waals surface area contributed by atoms with Gasteiger partial charge in [-0.15, -0.1) is 33.7 Å². The van der Waals surface area contributed by atoms with Crippen LogP contribution in [-0.4, -0.2) is 3.26 Å². The number of fused-ring (bicyclic) bond motifs is 3. The Labute approximate surface area is 241 Å². The van der Waals surface area contributed by atoms with Crippen molar-refractivity contribution in [3.8, 4) is 0 Å². The van der Waals surface area contributed by atoms with Gasteiger partial charge in [0.15, 0.2) is 0 Å². The Bertz CT molecular complexity index is 1470. The van der Waals surface area contributed by atoms with E-state index in [4.69, 9.17) is 0 Å². The Morgan fingerprint density at radius 3 is 1.83 bits per heavy atom. The molecule has 0 amide bonds. The molecular formula is C33H27Cl2Hf-. The van der Waals surface area contributed by atoms with Crippen LogP contribution < -0.4 is 24.8 Å². The summed E-state index contributed by atoms with van der Waals surface area (Å²) in [6, 6.07) is 34.8. The molecule has 0 aromatic heterocycles. The van der Waals surface area contributed by atoms with E-state index < -0.39 is 0 Å². The van der Waals surface area contributed by atoms with Gasteiger partial charge in [-0.2, -0.15) is 0 Å². The van der Waals surface area contributed by atoms with Crippen molar-refractivity contribution in [1.82, 2.24) is 0 Å². The molecule has 0 radical (unpaired) electrons. The Morgan fingerprint density at radius 2 is 1.25 bits per heavy atom. The molecule has 1 aliphatic rings. The van der Waals surface area contributed by atoms with Crippen molar-refractivity contribution in [3.05, 3.63) is 149 Å². The third-order valence-corrected chi connectivity index (χ3v) is 8.58. The third kappa shape index (κ3) is 5.92. The molecule has 0 N–H and O–H groups in total. The van der Waals surface area contributed by atoms with Crippen molar-refractivity contribution in [2.24, 2.45) is 0 Å². The van der Waals surface area contributed by atoms with E-state index in [1.807, 2.05) is 0 Å².